The second-order valence-corrected chi connectivity index (χ2v) is 4.74. The fourth-order valence-electron chi connectivity index (χ4n) is 1.16. The van der Waals surface area contributed by atoms with Gasteiger partial charge in [0.25, 0.3) is 0 Å². The summed E-state index contributed by atoms with van der Waals surface area (Å²) in [6, 6.07) is 7.92. The lowest BCUT2D eigenvalue weighted by molar-refractivity contribution is 0.679. The van der Waals surface area contributed by atoms with E-state index in [1.807, 2.05) is 31.2 Å². The molecule has 0 amide bonds. The van der Waals surface area contributed by atoms with Crippen molar-refractivity contribution < 1.29 is 4.21 Å². The Bertz CT molecular complexity index is 294. The lowest BCUT2D eigenvalue weighted by Gasteiger charge is -2.09. The molecule has 0 radical (unpaired) electrons. The van der Waals surface area contributed by atoms with Gasteiger partial charge in [-0.1, -0.05) is 29.8 Å². The molecule has 72 valence electrons. The average molecular weight is 197 g/mol. The minimum Gasteiger partial charge on any atom is -0.323 e. The first-order chi connectivity index (χ1) is 6.09. The van der Waals surface area contributed by atoms with E-state index in [2.05, 4.69) is 0 Å². The number of hydrogen-bond acceptors (Lipinski definition) is 2. The van der Waals surface area contributed by atoms with Crippen molar-refractivity contribution in [3.8, 4) is 0 Å². The second-order valence-electron chi connectivity index (χ2n) is 3.26. The maximum atomic E-state index is 10.9. The molecule has 0 saturated heterocycles. The fraction of sp³-hybridized carbons (Fsp3) is 0.400. The average Bonchev–Trinajstić information content (AvgIpc) is 2.04. The highest BCUT2D eigenvalue weighted by molar-refractivity contribution is 7.84. The number of nitrogens with two attached hydrogens (primary N) is 1. The molecule has 1 aromatic carbocycles. The van der Waals surface area contributed by atoms with Gasteiger partial charge in [-0.25, -0.2) is 0 Å². The van der Waals surface area contributed by atoms with Crippen LogP contribution in [-0.4, -0.2) is 16.2 Å². The summed E-state index contributed by atoms with van der Waals surface area (Å²) in [5.41, 5.74) is 8.13. The van der Waals surface area contributed by atoms with Crippen molar-refractivity contribution in [3.05, 3.63) is 35.4 Å². The summed E-state index contributed by atoms with van der Waals surface area (Å²) in [5, 5.41) is 0. The molecular formula is C10H15NOS. The van der Waals surface area contributed by atoms with Gasteiger partial charge in [-0.05, 0) is 12.5 Å². The van der Waals surface area contributed by atoms with Gasteiger partial charge in [0, 0.05) is 28.9 Å². The summed E-state index contributed by atoms with van der Waals surface area (Å²) in [4.78, 5) is 0. The van der Waals surface area contributed by atoms with Crippen LogP contribution in [0.25, 0.3) is 0 Å². The molecule has 0 aliphatic heterocycles. The molecule has 0 aliphatic rings. The summed E-state index contributed by atoms with van der Waals surface area (Å²) in [7, 11) is -0.827. The van der Waals surface area contributed by atoms with E-state index in [0.29, 0.717) is 5.75 Å². The molecule has 2 unspecified atom stereocenters. The molecule has 0 saturated carbocycles. The Morgan fingerprint density at radius 1 is 1.38 bits per heavy atom. The van der Waals surface area contributed by atoms with Crippen molar-refractivity contribution in [2.45, 2.75) is 13.0 Å². The maximum absolute atomic E-state index is 10.9. The van der Waals surface area contributed by atoms with Crippen LogP contribution >= 0.6 is 0 Å². The van der Waals surface area contributed by atoms with Gasteiger partial charge < -0.3 is 5.73 Å². The summed E-state index contributed by atoms with van der Waals surface area (Å²) in [6.45, 7) is 2.03. The second kappa shape index (κ2) is 4.53. The molecule has 0 aliphatic carbocycles. The van der Waals surface area contributed by atoms with E-state index in [1.54, 1.807) is 6.26 Å². The normalized spacial score (nSPS) is 15.3. The highest BCUT2D eigenvalue weighted by atomic mass is 32.2. The van der Waals surface area contributed by atoms with E-state index >= 15 is 0 Å². The molecule has 13 heavy (non-hydrogen) atoms. The van der Waals surface area contributed by atoms with Gasteiger partial charge in [0.05, 0.1) is 0 Å². The summed E-state index contributed by atoms with van der Waals surface area (Å²) >= 11 is 0. The third-order valence-corrected chi connectivity index (χ3v) is 2.75. The molecule has 1 rings (SSSR count). The lowest BCUT2D eigenvalue weighted by atomic mass is 10.1. The Labute approximate surface area is 81.6 Å². The van der Waals surface area contributed by atoms with Gasteiger partial charge in [-0.3, -0.25) is 4.21 Å². The lowest BCUT2D eigenvalue weighted by Crippen LogP contribution is -2.17. The number of hydrogen-bond donors (Lipinski definition) is 1. The largest absolute Gasteiger partial charge is 0.323 e. The van der Waals surface area contributed by atoms with Crippen LogP contribution in [0.2, 0.25) is 0 Å². The minimum atomic E-state index is -0.827. The van der Waals surface area contributed by atoms with Crippen LogP contribution in [0.3, 0.4) is 0 Å². The van der Waals surface area contributed by atoms with Crippen molar-refractivity contribution >= 4 is 10.8 Å². The fourth-order valence-corrected chi connectivity index (χ4v) is 1.86. The van der Waals surface area contributed by atoms with Gasteiger partial charge in [0.15, 0.2) is 0 Å². The van der Waals surface area contributed by atoms with E-state index in [1.165, 1.54) is 5.56 Å². The maximum Gasteiger partial charge on any atom is 0.0425 e. The zero-order chi connectivity index (χ0) is 9.84. The van der Waals surface area contributed by atoms with Crippen LogP contribution in [0.4, 0.5) is 0 Å². The number of benzene rings is 1. The smallest absolute Gasteiger partial charge is 0.0425 e. The standard InChI is InChI=1S/C10H15NOS/c1-8-3-5-9(6-4-8)10(11)7-13(2)12/h3-6,10H,7,11H2,1-2H3. The molecule has 2 atom stereocenters. The van der Waals surface area contributed by atoms with Crippen LogP contribution < -0.4 is 5.73 Å². The van der Waals surface area contributed by atoms with Crippen molar-refractivity contribution in [1.29, 1.82) is 0 Å². The van der Waals surface area contributed by atoms with Gasteiger partial charge in [-0.2, -0.15) is 0 Å². The SMILES string of the molecule is Cc1ccc(C(N)CS(C)=O)cc1. The third-order valence-electron chi connectivity index (χ3n) is 1.92. The molecule has 0 bridgehead atoms. The molecule has 0 fully saturated rings. The molecule has 3 heteroatoms. The molecule has 0 heterocycles. The molecule has 2 nitrogen and oxygen atoms in total. The van der Waals surface area contributed by atoms with E-state index in [-0.39, 0.29) is 6.04 Å². The van der Waals surface area contributed by atoms with Crippen LogP contribution in [0, 0.1) is 6.92 Å². The van der Waals surface area contributed by atoms with E-state index in [4.69, 9.17) is 5.73 Å². The van der Waals surface area contributed by atoms with Gasteiger partial charge in [0.2, 0.25) is 0 Å². The topological polar surface area (TPSA) is 43.1 Å². The first-order valence-electron chi connectivity index (χ1n) is 4.22. The van der Waals surface area contributed by atoms with Crippen molar-refractivity contribution in [2.24, 2.45) is 5.73 Å². The van der Waals surface area contributed by atoms with Crippen LogP contribution in [0.15, 0.2) is 24.3 Å². The molecule has 2 N–H and O–H groups in total. The van der Waals surface area contributed by atoms with Gasteiger partial charge in [0.1, 0.15) is 0 Å². The Morgan fingerprint density at radius 3 is 2.38 bits per heavy atom. The number of rotatable bonds is 3. The van der Waals surface area contributed by atoms with Gasteiger partial charge in [-0.15, -0.1) is 0 Å². The van der Waals surface area contributed by atoms with Crippen molar-refractivity contribution in [2.75, 3.05) is 12.0 Å². The van der Waals surface area contributed by atoms with E-state index < -0.39 is 10.8 Å². The minimum absolute atomic E-state index is 0.105. The summed E-state index contributed by atoms with van der Waals surface area (Å²) in [5.74, 6) is 0.531. The Morgan fingerprint density at radius 2 is 1.92 bits per heavy atom. The third kappa shape index (κ3) is 3.28. The molecule has 0 spiro atoms. The molecule has 1 aromatic rings. The first-order valence-corrected chi connectivity index (χ1v) is 5.94. The summed E-state index contributed by atoms with van der Waals surface area (Å²) < 4.78 is 10.9. The van der Waals surface area contributed by atoms with Crippen LogP contribution in [0.5, 0.6) is 0 Å². The zero-order valence-electron chi connectivity index (χ0n) is 7.99. The monoisotopic (exact) mass is 197 g/mol. The Kier molecular flexibility index (Phi) is 3.63. The zero-order valence-corrected chi connectivity index (χ0v) is 8.80. The Balaban J connectivity index is 2.71. The molecule has 0 aromatic heterocycles. The predicted molar refractivity (Wildman–Crippen MR) is 57.0 cm³/mol. The van der Waals surface area contributed by atoms with E-state index in [0.717, 1.165) is 5.56 Å². The number of aryl methyl sites for hydroxylation is 1. The quantitative estimate of drug-likeness (QED) is 0.795. The highest BCUT2D eigenvalue weighted by Crippen LogP contribution is 2.11. The highest BCUT2D eigenvalue weighted by Gasteiger charge is 2.06. The van der Waals surface area contributed by atoms with Crippen molar-refractivity contribution in [3.63, 3.8) is 0 Å². The van der Waals surface area contributed by atoms with E-state index in [9.17, 15) is 4.21 Å². The molecular weight excluding hydrogens is 182 g/mol. The van der Waals surface area contributed by atoms with Crippen LogP contribution in [-0.2, 0) is 10.8 Å². The van der Waals surface area contributed by atoms with Gasteiger partial charge >= 0.3 is 0 Å². The van der Waals surface area contributed by atoms with Crippen LogP contribution in [0.1, 0.15) is 17.2 Å². The predicted octanol–water partition coefficient (Wildman–Crippen LogP) is 1.37. The Hall–Kier alpha value is -0.670. The van der Waals surface area contributed by atoms with Crippen molar-refractivity contribution in [1.82, 2.24) is 0 Å². The summed E-state index contributed by atoms with van der Waals surface area (Å²) in [6.07, 6.45) is 1.67. The first kappa shape index (κ1) is 10.4.